The van der Waals surface area contributed by atoms with Crippen LogP contribution in [0.3, 0.4) is 0 Å². The first-order valence-corrected chi connectivity index (χ1v) is 4.47. The summed E-state index contributed by atoms with van der Waals surface area (Å²) in [6.45, 7) is 0. The molecule has 2 nitrogen and oxygen atoms in total. The van der Waals surface area contributed by atoms with Crippen LogP contribution in [0, 0.1) is 0 Å². The summed E-state index contributed by atoms with van der Waals surface area (Å²) in [5.74, 6) is 0. The van der Waals surface area contributed by atoms with E-state index in [2.05, 4.69) is 27.0 Å². The molecule has 11 heavy (non-hydrogen) atoms. The molecular formula is C8H9BrN2. The largest absolute Gasteiger partial charge is 0.323 e. The summed E-state index contributed by atoms with van der Waals surface area (Å²) in [5.41, 5.74) is 8.21. The molecule has 1 aromatic rings. The van der Waals surface area contributed by atoms with Crippen molar-refractivity contribution < 1.29 is 0 Å². The topological polar surface area (TPSA) is 38.9 Å². The Labute approximate surface area is 73.9 Å². The van der Waals surface area contributed by atoms with Crippen LogP contribution in [0.25, 0.3) is 0 Å². The van der Waals surface area contributed by atoms with Gasteiger partial charge in [0.2, 0.25) is 0 Å². The first-order valence-electron chi connectivity index (χ1n) is 3.68. The number of hydrogen-bond acceptors (Lipinski definition) is 2. The molecular weight excluding hydrogens is 204 g/mol. The molecule has 3 heteroatoms. The quantitative estimate of drug-likeness (QED) is 0.667. The van der Waals surface area contributed by atoms with Crippen molar-refractivity contribution in [3.8, 4) is 0 Å². The first kappa shape index (κ1) is 7.25. The Balaban J connectivity index is 2.52. The summed E-state index contributed by atoms with van der Waals surface area (Å²) >= 11 is 3.33. The molecule has 1 atom stereocenters. The standard InChI is InChI=1S/C8H9BrN2/c9-7-4-2-5-1-3-6(10)8(5)11-7/h2,4,6H,1,3,10H2/t6-/m0/s1. The van der Waals surface area contributed by atoms with E-state index in [1.807, 2.05) is 6.07 Å². The zero-order chi connectivity index (χ0) is 7.84. The van der Waals surface area contributed by atoms with Gasteiger partial charge in [0.25, 0.3) is 0 Å². The van der Waals surface area contributed by atoms with Crippen LogP contribution in [0.4, 0.5) is 0 Å². The van der Waals surface area contributed by atoms with Crippen molar-refractivity contribution >= 4 is 15.9 Å². The molecule has 0 aromatic carbocycles. The van der Waals surface area contributed by atoms with Crippen LogP contribution in [-0.2, 0) is 6.42 Å². The van der Waals surface area contributed by atoms with Crippen molar-refractivity contribution in [2.75, 3.05) is 0 Å². The molecule has 1 aliphatic carbocycles. The lowest BCUT2D eigenvalue weighted by molar-refractivity contribution is 0.696. The van der Waals surface area contributed by atoms with Gasteiger partial charge in [-0.2, -0.15) is 0 Å². The van der Waals surface area contributed by atoms with Crippen molar-refractivity contribution in [1.82, 2.24) is 4.98 Å². The Kier molecular flexibility index (Phi) is 1.69. The number of nitrogens with zero attached hydrogens (tertiary/aromatic N) is 1. The average Bonchev–Trinajstić information content (AvgIpc) is 2.33. The summed E-state index contributed by atoms with van der Waals surface area (Å²) in [4.78, 5) is 4.33. The van der Waals surface area contributed by atoms with Gasteiger partial charge in [-0.15, -0.1) is 0 Å². The number of aromatic nitrogens is 1. The molecule has 1 aliphatic rings. The number of fused-ring (bicyclic) bond motifs is 1. The van der Waals surface area contributed by atoms with Gasteiger partial charge in [0.1, 0.15) is 4.60 Å². The monoisotopic (exact) mass is 212 g/mol. The number of hydrogen-bond donors (Lipinski definition) is 1. The Bertz CT molecular complexity index is 285. The maximum Gasteiger partial charge on any atom is 0.106 e. The van der Waals surface area contributed by atoms with E-state index in [0.717, 1.165) is 23.1 Å². The summed E-state index contributed by atoms with van der Waals surface area (Å²) in [5, 5.41) is 0. The predicted octanol–water partition coefficient (Wildman–Crippen LogP) is 1.79. The molecule has 2 N–H and O–H groups in total. The summed E-state index contributed by atoms with van der Waals surface area (Å²) in [6, 6.07) is 4.22. The third kappa shape index (κ3) is 1.19. The Hall–Kier alpha value is -0.410. The smallest absolute Gasteiger partial charge is 0.106 e. The highest BCUT2D eigenvalue weighted by molar-refractivity contribution is 9.10. The number of nitrogens with two attached hydrogens (primary N) is 1. The van der Waals surface area contributed by atoms with Crippen molar-refractivity contribution in [2.24, 2.45) is 5.73 Å². The fraction of sp³-hybridized carbons (Fsp3) is 0.375. The van der Waals surface area contributed by atoms with Crippen LogP contribution >= 0.6 is 15.9 Å². The molecule has 0 fully saturated rings. The number of pyridine rings is 1. The van der Waals surface area contributed by atoms with Crippen LogP contribution in [0.1, 0.15) is 23.7 Å². The van der Waals surface area contributed by atoms with Crippen molar-refractivity contribution in [3.05, 3.63) is 28.0 Å². The Morgan fingerprint density at radius 3 is 3.18 bits per heavy atom. The third-order valence-corrected chi connectivity index (χ3v) is 2.50. The zero-order valence-corrected chi connectivity index (χ0v) is 7.63. The van der Waals surface area contributed by atoms with E-state index in [4.69, 9.17) is 5.73 Å². The second-order valence-electron chi connectivity index (χ2n) is 2.82. The van der Waals surface area contributed by atoms with Gasteiger partial charge in [-0.05, 0) is 40.4 Å². The van der Waals surface area contributed by atoms with Crippen LogP contribution in [0.15, 0.2) is 16.7 Å². The fourth-order valence-electron chi connectivity index (χ4n) is 1.46. The lowest BCUT2D eigenvalue weighted by atomic mass is 10.2. The van der Waals surface area contributed by atoms with E-state index >= 15 is 0 Å². The molecule has 1 aromatic heterocycles. The predicted molar refractivity (Wildman–Crippen MR) is 47.2 cm³/mol. The lowest BCUT2D eigenvalue weighted by Crippen LogP contribution is -2.07. The second-order valence-corrected chi connectivity index (χ2v) is 3.64. The third-order valence-electron chi connectivity index (χ3n) is 2.05. The van der Waals surface area contributed by atoms with Crippen LogP contribution in [0.2, 0.25) is 0 Å². The molecule has 0 amide bonds. The van der Waals surface area contributed by atoms with E-state index in [-0.39, 0.29) is 6.04 Å². The molecule has 0 saturated carbocycles. The van der Waals surface area contributed by atoms with Crippen molar-refractivity contribution in [2.45, 2.75) is 18.9 Å². The van der Waals surface area contributed by atoms with E-state index in [1.165, 1.54) is 5.56 Å². The molecule has 0 spiro atoms. The molecule has 0 radical (unpaired) electrons. The second kappa shape index (κ2) is 2.57. The summed E-state index contributed by atoms with van der Waals surface area (Å²) in [6.07, 6.45) is 2.12. The van der Waals surface area contributed by atoms with Crippen molar-refractivity contribution in [1.29, 1.82) is 0 Å². The molecule has 0 unspecified atom stereocenters. The Morgan fingerprint density at radius 2 is 2.36 bits per heavy atom. The fourth-order valence-corrected chi connectivity index (χ4v) is 1.78. The lowest BCUT2D eigenvalue weighted by Gasteiger charge is -2.02. The van der Waals surface area contributed by atoms with Gasteiger partial charge in [-0.25, -0.2) is 4.98 Å². The van der Waals surface area contributed by atoms with Crippen molar-refractivity contribution in [3.63, 3.8) is 0 Å². The molecule has 2 rings (SSSR count). The van der Waals surface area contributed by atoms with E-state index in [0.29, 0.717) is 0 Å². The maximum atomic E-state index is 5.83. The molecule has 0 aliphatic heterocycles. The minimum atomic E-state index is 0.155. The molecule has 0 saturated heterocycles. The van der Waals surface area contributed by atoms with Gasteiger partial charge < -0.3 is 5.73 Å². The number of rotatable bonds is 0. The summed E-state index contributed by atoms with van der Waals surface area (Å²) in [7, 11) is 0. The van der Waals surface area contributed by atoms with Gasteiger partial charge in [0, 0.05) is 6.04 Å². The van der Waals surface area contributed by atoms with E-state index in [9.17, 15) is 0 Å². The van der Waals surface area contributed by atoms with Crippen LogP contribution in [-0.4, -0.2) is 4.98 Å². The molecule has 58 valence electrons. The van der Waals surface area contributed by atoms with Crippen LogP contribution < -0.4 is 5.73 Å². The highest BCUT2D eigenvalue weighted by atomic mass is 79.9. The van der Waals surface area contributed by atoms with Crippen LogP contribution in [0.5, 0.6) is 0 Å². The number of halogens is 1. The average molecular weight is 213 g/mol. The van der Waals surface area contributed by atoms with E-state index in [1.54, 1.807) is 0 Å². The van der Waals surface area contributed by atoms with Gasteiger partial charge in [-0.1, -0.05) is 6.07 Å². The highest BCUT2D eigenvalue weighted by Gasteiger charge is 2.19. The number of aryl methyl sites for hydroxylation is 1. The van der Waals surface area contributed by atoms with Gasteiger partial charge >= 0.3 is 0 Å². The molecule has 0 bridgehead atoms. The maximum absolute atomic E-state index is 5.83. The minimum Gasteiger partial charge on any atom is -0.323 e. The minimum absolute atomic E-state index is 0.155. The normalized spacial score (nSPS) is 21.8. The summed E-state index contributed by atoms with van der Waals surface area (Å²) < 4.78 is 0.883. The van der Waals surface area contributed by atoms with Gasteiger partial charge in [0.15, 0.2) is 0 Å². The van der Waals surface area contributed by atoms with Gasteiger partial charge in [0.05, 0.1) is 5.69 Å². The first-order chi connectivity index (χ1) is 5.27. The zero-order valence-electron chi connectivity index (χ0n) is 6.05. The molecule has 1 heterocycles. The van der Waals surface area contributed by atoms with E-state index < -0.39 is 0 Å². The Morgan fingerprint density at radius 1 is 1.55 bits per heavy atom. The highest BCUT2D eigenvalue weighted by Crippen LogP contribution is 2.28. The SMILES string of the molecule is N[C@H]1CCc2ccc(Br)nc21. The van der Waals surface area contributed by atoms with Gasteiger partial charge in [-0.3, -0.25) is 0 Å².